The van der Waals surface area contributed by atoms with Gasteiger partial charge < -0.3 is 10.1 Å². The zero-order chi connectivity index (χ0) is 16.1. The number of nitrogens with one attached hydrogen (secondary N) is 1. The maximum Gasteiger partial charge on any atom is 0.339 e. The van der Waals surface area contributed by atoms with Crippen molar-refractivity contribution in [1.29, 1.82) is 0 Å². The van der Waals surface area contributed by atoms with Crippen LogP contribution in [0.1, 0.15) is 39.0 Å². The summed E-state index contributed by atoms with van der Waals surface area (Å²) in [6, 6.07) is 10.7. The van der Waals surface area contributed by atoms with Crippen LogP contribution in [0.15, 0.2) is 36.4 Å². The van der Waals surface area contributed by atoms with Crippen molar-refractivity contribution in [2.24, 2.45) is 0 Å². The van der Waals surface area contributed by atoms with Gasteiger partial charge in [-0.3, -0.25) is 9.78 Å². The Balaban J connectivity index is 2.32. The van der Waals surface area contributed by atoms with Crippen molar-refractivity contribution in [3.05, 3.63) is 58.9 Å². The molecular formula is C17H18N2O3. The summed E-state index contributed by atoms with van der Waals surface area (Å²) in [6.45, 7) is 5.47. The molecule has 22 heavy (non-hydrogen) atoms. The van der Waals surface area contributed by atoms with E-state index in [0.29, 0.717) is 28.2 Å². The first-order valence-electron chi connectivity index (χ1n) is 7.04. The van der Waals surface area contributed by atoms with Crippen molar-refractivity contribution in [2.45, 2.75) is 20.8 Å². The van der Waals surface area contributed by atoms with E-state index in [0.717, 1.165) is 0 Å². The molecule has 1 heterocycles. The number of carbonyl (C=O) groups excluding carboxylic acids is 2. The van der Waals surface area contributed by atoms with Crippen LogP contribution in [0.25, 0.3) is 0 Å². The summed E-state index contributed by atoms with van der Waals surface area (Å²) in [5, 5.41) is 2.79. The molecule has 0 atom stereocenters. The monoisotopic (exact) mass is 298 g/mol. The quantitative estimate of drug-likeness (QED) is 0.881. The first-order chi connectivity index (χ1) is 10.5. The Morgan fingerprint density at radius 2 is 1.73 bits per heavy atom. The number of para-hydroxylation sites is 1. The lowest BCUT2D eigenvalue weighted by molar-refractivity contribution is 0.0525. The predicted molar refractivity (Wildman–Crippen MR) is 84.1 cm³/mol. The summed E-state index contributed by atoms with van der Waals surface area (Å²) in [4.78, 5) is 28.6. The molecule has 0 aliphatic rings. The SMILES string of the molecule is CCOC(=O)c1cc(C(=O)Nc2ccccc2)c(C)nc1C. The number of carbonyl (C=O) groups is 2. The third-order valence-corrected chi connectivity index (χ3v) is 3.18. The van der Waals surface area contributed by atoms with E-state index in [9.17, 15) is 9.59 Å². The molecule has 0 aliphatic carbocycles. The molecule has 5 nitrogen and oxygen atoms in total. The molecule has 0 saturated heterocycles. The third-order valence-electron chi connectivity index (χ3n) is 3.18. The maximum atomic E-state index is 12.4. The minimum atomic E-state index is -0.471. The number of pyridine rings is 1. The number of hydrogen-bond donors (Lipinski definition) is 1. The highest BCUT2D eigenvalue weighted by Gasteiger charge is 2.18. The molecule has 0 radical (unpaired) electrons. The molecule has 0 bridgehead atoms. The Morgan fingerprint density at radius 3 is 2.36 bits per heavy atom. The van der Waals surface area contributed by atoms with Gasteiger partial charge in [0, 0.05) is 5.69 Å². The van der Waals surface area contributed by atoms with Gasteiger partial charge in [-0.25, -0.2) is 4.79 Å². The van der Waals surface area contributed by atoms with Crippen molar-refractivity contribution >= 4 is 17.6 Å². The molecule has 2 aromatic rings. The van der Waals surface area contributed by atoms with Crippen LogP contribution in [0, 0.1) is 13.8 Å². The first kappa shape index (κ1) is 15.7. The van der Waals surface area contributed by atoms with Gasteiger partial charge in [-0.05, 0) is 39.0 Å². The van der Waals surface area contributed by atoms with Crippen LogP contribution in [0.3, 0.4) is 0 Å². The molecule has 0 spiro atoms. The number of aryl methyl sites for hydroxylation is 2. The van der Waals surface area contributed by atoms with Crippen molar-refractivity contribution in [1.82, 2.24) is 4.98 Å². The largest absolute Gasteiger partial charge is 0.462 e. The molecule has 1 N–H and O–H groups in total. The maximum absolute atomic E-state index is 12.4. The number of esters is 1. The normalized spacial score (nSPS) is 10.1. The van der Waals surface area contributed by atoms with E-state index in [2.05, 4.69) is 10.3 Å². The Hall–Kier alpha value is -2.69. The number of hydrogen-bond acceptors (Lipinski definition) is 4. The molecule has 1 aromatic carbocycles. The Bertz CT molecular complexity index is 697. The van der Waals surface area contributed by atoms with E-state index in [1.807, 2.05) is 18.2 Å². The fourth-order valence-corrected chi connectivity index (χ4v) is 2.09. The van der Waals surface area contributed by atoms with Gasteiger partial charge in [-0.2, -0.15) is 0 Å². The molecule has 5 heteroatoms. The lowest BCUT2D eigenvalue weighted by Gasteiger charge is -2.11. The van der Waals surface area contributed by atoms with Crippen LogP contribution in [0.5, 0.6) is 0 Å². The van der Waals surface area contributed by atoms with Crippen molar-refractivity contribution in [3.63, 3.8) is 0 Å². The summed E-state index contributed by atoms with van der Waals surface area (Å²) in [5.41, 5.74) is 2.47. The van der Waals surface area contributed by atoms with Gasteiger partial charge in [0.1, 0.15) is 0 Å². The van der Waals surface area contributed by atoms with E-state index in [1.165, 1.54) is 6.07 Å². The first-order valence-corrected chi connectivity index (χ1v) is 7.04. The number of nitrogens with zero attached hydrogens (tertiary/aromatic N) is 1. The van der Waals surface area contributed by atoms with Gasteiger partial charge in [0.25, 0.3) is 5.91 Å². The molecule has 1 amide bonds. The highest BCUT2D eigenvalue weighted by molar-refractivity contribution is 6.06. The number of rotatable bonds is 4. The van der Waals surface area contributed by atoms with Crippen molar-refractivity contribution in [3.8, 4) is 0 Å². The summed E-state index contributed by atoms with van der Waals surface area (Å²) in [5.74, 6) is -0.775. The van der Waals surface area contributed by atoms with Gasteiger partial charge in [0.05, 0.1) is 29.1 Å². The molecule has 2 rings (SSSR count). The molecule has 114 valence electrons. The average molecular weight is 298 g/mol. The van der Waals surface area contributed by atoms with Crippen LogP contribution in [0.2, 0.25) is 0 Å². The number of ether oxygens (including phenoxy) is 1. The van der Waals surface area contributed by atoms with Crippen LogP contribution in [-0.2, 0) is 4.74 Å². The lowest BCUT2D eigenvalue weighted by atomic mass is 10.1. The summed E-state index contributed by atoms with van der Waals surface area (Å²) in [6.07, 6.45) is 0. The van der Waals surface area contributed by atoms with E-state index in [-0.39, 0.29) is 12.5 Å². The number of benzene rings is 1. The average Bonchev–Trinajstić information content (AvgIpc) is 2.48. The van der Waals surface area contributed by atoms with E-state index in [1.54, 1.807) is 32.9 Å². The molecule has 0 unspecified atom stereocenters. The zero-order valence-electron chi connectivity index (χ0n) is 12.8. The standard InChI is InChI=1S/C17H18N2O3/c1-4-22-17(21)15-10-14(11(2)18-12(15)3)16(20)19-13-8-6-5-7-9-13/h5-10H,4H2,1-3H3,(H,19,20). The number of aromatic nitrogens is 1. The number of amides is 1. The fraction of sp³-hybridized carbons (Fsp3) is 0.235. The van der Waals surface area contributed by atoms with Crippen molar-refractivity contribution < 1.29 is 14.3 Å². The Labute approximate surface area is 129 Å². The molecule has 1 aromatic heterocycles. The van der Waals surface area contributed by atoms with Crippen LogP contribution in [-0.4, -0.2) is 23.5 Å². The minimum Gasteiger partial charge on any atom is -0.462 e. The Morgan fingerprint density at radius 1 is 1.09 bits per heavy atom. The highest BCUT2D eigenvalue weighted by Crippen LogP contribution is 2.16. The van der Waals surface area contributed by atoms with Crippen molar-refractivity contribution in [2.75, 3.05) is 11.9 Å². The number of anilines is 1. The zero-order valence-corrected chi connectivity index (χ0v) is 12.8. The second kappa shape index (κ2) is 6.85. The molecule has 0 saturated carbocycles. The van der Waals surface area contributed by atoms with Crippen LogP contribution in [0.4, 0.5) is 5.69 Å². The lowest BCUT2D eigenvalue weighted by Crippen LogP contribution is -2.17. The second-order valence-corrected chi connectivity index (χ2v) is 4.79. The summed E-state index contributed by atoms with van der Waals surface area (Å²) in [7, 11) is 0. The van der Waals surface area contributed by atoms with Gasteiger partial charge in [0.15, 0.2) is 0 Å². The molecule has 0 fully saturated rings. The second-order valence-electron chi connectivity index (χ2n) is 4.79. The van der Waals surface area contributed by atoms with Gasteiger partial charge in [-0.15, -0.1) is 0 Å². The fourth-order valence-electron chi connectivity index (χ4n) is 2.09. The highest BCUT2D eigenvalue weighted by atomic mass is 16.5. The smallest absolute Gasteiger partial charge is 0.339 e. The summed E-state index contributed by atoms with van der Waals surface area (Å²) < 4.78 is 4.99. The molecule has 0 aliphatic heterocycles. The minimum absolute atomic E-state index is 0.275. The Kier molecular flexibility index (Phi) is 4.88. The third kappa shape index (κ3) is 3.49. The molecular weight excluding hydrogens is 280 g/mol. The van der Waals surface area contributed by atoms with Crippen LogP contribution < -0.4 is 5.32 Å². The topological polar surface area (TPSA) is 68.3 Å². The van der Waals surface area contributed by atoms with Gasteiger partial charge in [0.2, 0.25) is 0 Å². The van der Waals surface area contributed by atoms with E-state index in [4.69, 9.17) is 4.74 Å². The van der Waals surface area contributed by atoms with E-state index < -0.39 is 5.97 Å². The van der Waals surface area contributed by atoms with E-state index >= 15 is 0 Å². The van der Waals surface area contributed by atoms with Crippen LogP contribution >= 0.6 is 0 Å². The van der Waals surface area contributed by atoms with Gasteiger partial charge in [-0.1, -0.05) is 18.2 Å². The predicted octanol–water partition coefficient (Wildman–Crippen LogP) is 3.13. The van der Waals surface area contributed by atoms with Gasteiger partial charge >= 0.3 is 5.97 Å². The summed E-state index contributed by atoms with van der Waals surface area (Å²) >= 11 is 0.